The van der Waals surface area contributed by atoms with Crippen LogP contribution in [0.3, 0.4) is 0 Å². The van der Waals surface area contributed by atoms with E-state index in [2.05, 4.69) is 249 Å². The maximum Gasteiger partial charge on any atom is 0.164 e. The van der Waals surface area contributed by atoms with Gasteiger partial charge >= 0.3 is 0 Å². The van der Waals surface area contributed by atoms with E-state index >= 15 is 0 Å². The molecule has 6 nitrogen and oxygen atoms in total. The van der Waals surface area contributed by atoms with Crippen LogP contribution in [0.2, 0.25) is 0 Å². The Labute approximate surface area is 543 Å². The predicted molar refractivity (Wildman–Crippen MR) is 391 cm³/mol. The zero-order chi connectivity index (χ0) is 62.3. The van der Waals surface area contributed by atoms with E-state index in [9.17, 15) is 0 Å². The fourth-order valence-corrected chi connectivity index (χ4v) is 13.3. The summed E-state index contributed by atoms with van der Waals surface area (Å²) in [6.07, 6.45) is 0. The highest BCUT2D eigenvalue weighted by molar-refractivity contribution is 6.27. The normalized spacial score (nSPS) is 11.4. The molecule has 0 aliphatic carbocycles. The first kappa shape index (κ1) is 55.4. The van der Waals surface area contributed by atoms with Crippen LogP contribution in [0.25, 0.3) is 177 Å². The van der Waals surface area contributed by atoms with Crippen molar-refractivity contribution in [3.63, 3.8) is 0 Å². The largest absolute Gasteiger partial charge is 0.208 e. The highest BCUT2D eigenvalue weighted by atomic mass is 15.0. The van der Waals surface area contributed by atoms with Crippen molar-refractivity contribution in [2.24, 2.45) is 0 Å². The number of nitrogens with zero attached hydrogens (tertiary/aromatic N) is 6. The summed E-state index contributed by atoms with van der Waals surface area (Å²) in [4.78, 5) is 30.1. The van der Waals surface area contributed by atoms with Crippen LogP contribution in [-0.4, -0.2) is 29.9 Å². The lowest BCUT2D eigenvalue weighted by molar-refractivity contribution is 1.07. The molecule has 0 saturated heterocycles. The van der Waals surface area contributed by atoms with Crippen LogP contribution < -0.4 is 0 Å². The molecule has 0 aliphatic rings. The van der Waals surface area contributed by atoms with Crippen molar-refractivity contribution in [3.8, 4) is 102 Å². The Morgan fingerprint density at radius 2 is 0.362 bits per heavy atom. The van der Waals surface area contributed by atoms with Gasteiger partial charge in [0.25, 0.3) is 0 Å². The van der Waals surface area contributed by atoms with Crippen molar-refractivity contribution in [1.82, 2.24) is 29.9 Å². The zero-order valence-corrected chi connectivity index (χ0v) is 51.0. The average molecular weight is 1200 g/mol. The monoisotopic (exact) mass is 1200 g/mol. The van der Waals surface area contributed by atoms with Crippen LogP contribution >= 0.6 is 0 Å². The number of aromatic nitrogens is 6. The Morgan fingerprint density at radius 3 is 0.798 bits per heavy atom. The predicted octanol–water partition coefficient (Wildman–Crippen LogP) is 22.8. The molecule has 0 saturated carbocycles. The van der Waals surface area contributed by atoms with Gasteiger partial charge in [-0.15, -0.1) is 0 Å². The van der Waals surface area contributed by atoms with Gasteiger partial charge in [-0.1, -0.05) is 303 Å². The van der Waals surface area contributed by atoms with E-state index in [4.69, 9.17) is 29.9 Å². The third kappa shape index (κ3) is 10.5. The minimum Gasteiger partial charge on any atom is -0.208 e. The summed E-state index contributed by atoms with van der Waals surface area (Å²) in [5.74, 6) is 3.89. The van der Waals surface area contributed by atoms with Gasteiger partial charge in [0, 0.05) is 33.4 Å². The van der Waals surface area contributed by atoms with Crippen molar-refractivity contribution in [1.29, 1.82) is 0 Å². The molecule has 0 atom stereocenters. The first-order chi connectivity index (χ1) is 46.6. The van der Waals surface area contributed by atoms with Gasteiger partial charge in [0.2, 0.25) is 0 Å². The van der Waals surface area contributed by atoms with Gasteiger partial charge in [-0.3, -0.25) is 0 Å². The Kier molecular flexibility index (Phi) is 14.1. The molecule has 0 N–H and O–H groups in total. The van der Waals surface area contributed by atoms with E-state index in [1.807, 2.05) is 91.0 Å². The molecule has 16 aromatic carbocycles. The van der Waals surface area contributed by atoms with Gasteiger partial charge in [-0.25, -0.2) is 29.9 Å². The molecule has 2 aromatic heterocycles. The van der Waals surface area contributed by atoms with E-state index in [0.29, 0.717) is 34.9 Å². The number of hydrogen-bond donors (Lipinski definition) is 0. The van der Waals surface area contributed by atoms with Gasteiger partial charge < -0.3 is 0 Å². The maximum atomic E-state index is 5.07. The topological polar surface area (TPSA) is 77.3 Å². The van der Waals surface area contributed by atoms with Crippen LogP contribution in [0, 0.1) is 0 Å². The summed E-state index contributed by atoms with van der Waals surface area (Å²) in [7, 11) is 0. The van der Waals surface area contributed by atoms with Crippen molar-refractivity contribution < 1.29 is 0 Å². The first-order valence-corrected chi connectivity index (χ1v) is 31.7. The number of hydrogen-bond acceptors (Lipinski definition) is 6. The fraction of sp³-hybridized carbons (Fsp3) is 0. The summed E-state index contributed by atoms with van der Waals surface area (Å²) >= 11 is 0. The van der Waals surface area contributed by atoms with E-state index in [-0.39, 0.29) is 0 Å². The summed E-state index contributed by atoms with van der Waals surface area (Å²) in [5, 5.41) is 17.4. The van der Waals surface area contributed by atoms with Gasteiger partial charge in [-0.05, 0) is 145 Å². The Hall–Kier alpha value is -12.6. The van der Waals surface area contributed by atoms with Crippen molar-refractivity contribution in [3.05, 3.63) is 340 Å². The fourth-order valence-electron chi connectivity index (χ4n) is 13.3. The van der Waals surface area contributed by atoms with Gasteiger partial charge in [0.1, 0.15) is 0 Å². The summed E-state index contributed by atoms with van der Waals surface area (Å²) < 4.78 is 0. The molecule has 0 bridgehead atoms. The second kappa shape index (κ2) is 24.0. The van der Waals surface area contributed by atoms with Gasteiger partial charge in [-0.2, -0.15) is 0 Å². The Morgan fingerprint density at radius 1 is 0.117 bits per heavy atom. The summed E-state index contributed by atoms with van der Waals surface area (Å²) in [6.45, 7) is 0. The number of fused-ring (bicyclic) bond motifs is 13. The molecule has 0 amide bonds. The quantitative estimate of drug-likeness (QED) is 0.134. The van der Waals surface area contributed by atoms with E-state index in [1.54, 1.807) is 0 Å². The van der Waals surface area contributed by atoms with E-state index in [0.717, 1.165) is 61.2 Å². The third-order valence-corrected chi connectivity index (χ3v) is 18.0. The van der Waals surface area contributed by atoms with Crippen molar-refractivity contribution >= 4 is 75.4 Å². The van der Waals surface area contributed by atoms with Crippen LogP contribution in [0.5, 0.6) is 0 Å². The molecule has 18 rings (SSSR count). The van der Waals surface area contributed by atoms with Crippen molar-refractivity contribution in [2.75, 3.05) is 0 Å². The van der Waals surface area contributed by atoms with Crippen molar-refractivity contribution in [2.45, 2.75) is 0 Å². The standard InChI is InChI=1S/C45H29N3.C43H27N3/c1-4-14-30(15-5-1)34-26-35(33-24-25-41-39-22-11-10-20-37(39)38-21-12-13-23-40(38)42(41)29-33)28-36(27-34)45-47-43(31-16-6-2-7-17-31)46-44(48-45)32-18-8-3-9-19-32;1-2-11-30(12-3-1)41-44-42(31-21-18-29(19-22-31)33-23-20-28-10-4-5-13-32(28)26-33)46-43(45-41)34-24-25-39-37-16-7-6-14-35(37)36-15-8-9-17-38(36)40(39)27-34/h1-29H;1-27H. The van der Waals surface area contributed by atoms with E-state index in [1.165, 1.54) is 81.0 Å². The average Bonchev–Trinajstić information content (AvgIpc) is 0.830. The lowest BCUT2D eigenvalue weighted by Gasteiger charge is -2.14. The van der Waals surface area contributed by atoms with Gasteiger partial charge in [0.15, 0.2) is 34.9 Å². The smallest absolute Gasteiger partial charge is 0.164 e. The van der Waals surface area contributed by atoms with Crippen LogP contribution in [0.15, 0.2) is 340 Å². The minimum atomic E-state index is 0.638. The van der Waals surface area contributed by atoms with Crippen LogP contribution in [0.4, 0.5) is 0 Å². The molecule has 0 unspecified atom stereocenters. The molecular formula is C88H56N6. The Bertz CT molecular complexity index is 5770. The van der Waals surface area contributed by atoms with Crippen LogP contribution in [0.1, 0.15) is 0 Å². The lowest BCUT2D eigenvalue weighted by atomic mass is 9.90. The highest BCUT2D eigenvalue weighted by Gasteiger charge is 2.19. The van der Waals surface area contributed by atoms with Gasteiger partial charge in [0.05, 0.1) is 0 Å². The molecule has 18 aromatic rings. The molecule has 0 radical (unpaired) electrons. The molecule has 94 heavy (non-hydrogen) atoms. The second-order valence-electron chi connectivity index (χ2n) is 23.7. The minimum absolute atomic E-state index is 0.638. The molecule has 438 valence electrons. The second-order valence-corrected chi connectivity index (χ2v) is 23.7. The number of rotatable bonds is 9. The Balaban J connectivity index is 0.000000143. The first-order valence-electron chi connectivity index (χ1n) is 31.7. The molecule has 0 fully saturated rings. The summed E-state index contributed by atoms with van der Waals surface area (Å²) in [6, 6.07) is 119. The summed E-state index contributed by atoms with van der Waals surface area (Å²) in [5.41, 5.74) is 12.5. The lowest BCUT2D eigenvalue weighted by Crippen LogP contribution is -2.00. The van der Waals surface area contributed by atoms with Crippen LogP contribution in [-0.2, 0) is 0 Å². The highest BCUT2D eigenvalue weighted by Crippen LogP contribution is 2.41. The zero-order valence-electron chi connectivity index (χ0n) is 51.0. The van der Waals surface area contributed by atoms with E-state index < -0.39 is 0 Å². The molecule has 6 heteroatoms. The third-order valence-electron chi connectivity index (χ3n) is 18.0. The SMILES string of the molecule is c1ccc(-c2cc(-c3ccc4c5ccccc5c5ccccc5c4c3)cc(-c3nc(-c4ccccc4)nc(-c4ccccc4)n3)c2)cc1.c1ccc(-c2nc(-c3ccc(-c4ccc5ccccc5c4)cc3)nc(-c3ccc4c5ccccc5c5ccccc5c4c3)n2)cc1. The molecule has 2 heterocycles. The number of benzene rings is 16. The molecular weight excluding hydrogens is 1140 g/mol. The molecule has 0 aliphatic heterocycles. The molecule has 0 spiro atoms. The maximum absolute atomic E-state index is 5.07.